The number of phenolic OH excluding ortho intramolecular Hbond substituents is 2. The van der Waals surface area contributed by atoms with Crippen LogP contribution < -0.4 is 0 Å². The van der Waals surface area contributed by atoms with Crippen LogP contribution >= 0.6 is 11.6 Å². The number of phenols is 2. The first kappa shape index (κ1) is 12.4. The van der Waals surface area contributed by atoms with Crippen LogP contribution in [0, 0.1) is 6.92 Å². The molecule has 0 unspecified atom stereocenters. The number of hydrogen-bond donors (Lipinski definition) is 2. The van der Waals surface area contributed by atoms with Crippen molar-refractivity contribution in [1.29, 1.82) is 0 Å². The number of aromatic hydroxyl groups is 2. The summed E-state index contributed by atoms with van der Waals surface area (Å²) < 4.78 is 0. The summed E-state index contributed by atoms with van der Waals surface area (Å²) in [5, 5.41) is 18.1. The van der Waals surface area contributed by atoms with Gasteiger partial charge in [-0.2, -0.15) is 0 Å². The van der Waals surface area contributed by atoms with Crippen LogP contribution in [0.15, 0.2) is 48.5 Å². The van der Waals surface area contributed by atoms with E-state index in [2.05, 4.69) is 0 Å². The van der Waals surface area contributed by atoms with Crippen LogP contribution in [0.2, 0.25) is 5.02 Å². The Labute approximate surface area is 99.8 Å². The van der Waals surface area contributed by atoms with Crippen LogP contribution in [0.1, 0.15) is 5.56 Å². The molecule has 0 aromatic heterocycles. The molecule has 2 N–H and O–H groups in total. The molecule has 0 bridgehead atoms. The van der Waals surface area contributed by atoms with Crippen LogP contribution in [0.3, 0.4) is 0 Å². The van der Waals surface area contributed by atoms with Gasteiger partial charge in [0.05, 0.1) is 0 Å². The lowest BCUT2D eigenvalue weighted by atomic mass is 10.2. The smallest absolute Gasteiger partial charge is 0.115 e. The summed E-state index contributed by atoms with van der Waals surface area (Å²) in [5.74, 6) is 0.574. The van der Waals surface area contributed by atoms with E-state index in [0.717, 1.165) is 0 Å². The molecule has 2 aromatic rings. The molecule has 0 atom stereocenters. The van der Waals surface area contributed by atoms with E-state index in [1.165, 1.54) is 5.56 Å². The van der Waals surface area contributed by atoms with E-state index >= 15 is 0 Å². The quantitative estimate of drug-likeness (QED) is 0.732. The van der Waals surface area contributed by atoms with Gasteiger partial charge in [-0.3, -0.25) is 0 Å². The van der Waals surface area contributed by atoms with Gasteiger partial charge in [-0.25, -0.2) is 0 Å². The van der Waals surface area contributed by atoms with Gasteiger partial charge in [-0.15, -0.1) is 0 Å². The number of aryl methyl sites for hydroxylation is 1. The van der Waals surface area contributed by atoms with E-state index in [0.29, 0.717) is 10.8 Å². The number of halogens is 1. The zero-order valence-corrected chi connectivity index (χ0v) is 9.65. The second-order valence-electron chi connectivity index (χ2n) is 3.31. The molecule has 2 aromatic carbocycles. The van der Waals surface area contributed by atoms with Crippen LogP contribution in [-0.4, -0.2) is 10.2 Å². The summed E-state index contributed by atoms with van der Waals surface area (Å²) >= 11 is 5.50. The predicted octanol–water partition coefficient (Wildman–Crippen LogP) is 3.75. The molecule has 0 heterocycles. The monoisotopic (exact) mass is 236 g/mol. The van der Waals surface area contributed by atoms with Crippen molar-refractivity contribution in [3.05, 3.63) is 59.1 Å². The van der Waals surface area contributed by atoms with Crippen LogP contribution in [-0.2, 0) is 0 Å². The maximum atomic E-state index is 8.76. The fourth-order valence-corrected chi connectivity index (χ4v) is 1.11. The third-order valence-corrected chi connectivity index (χ3v) is 2.11. The Balaban J connectivity index is 0.000000160. The molecule has 84 valence electrons. The van der Waals surface area contributed by atoms with Crippen molar-refractivity contribution in [2.24, 2.45) is 0 Å². The lowest BCUT2D eigenvalue weighted by Gasteiger charge is -1.89. The molecule has 2 nitrogen and oxygen atoms in total. The van der Waals surface area contributed by atoms with E-state index in [1.54, 1.807) is 36.4 Å². The summed E-state index contributed by atoms with van der Waals surface area (Å²) in [7, 11) is 0. The molecule has 0 radical (unpaired) electrons. The summed E-state index contributed by atoms with van der Waals surface area (Å²) in [5.41, 5.74) is 1.17. The van der Waals surface area contributed by atoms with Crippen molar-refractivity contribution < 1.29 is 10.2 Å². The number of benzene rings is 2. The number of hydrogen-bond acceptors (Lipinski definition) is 2. The maximum Gasteiger partial charge on any atom is 0.115 e. The van der Waals surface area contributed by atoms with Gasteiger partial charge in [-0.1, -0.05) is 29.3 Å². The lowest BCUT2D eigenvalue weighted by molar-refractivity contribution is 0.474. The SMILES string of the molecule is Cc1ccc(O)cc1.Oc1ccc(Cl)cc1. The molecule has 0 spiro atoms. The second-order valence-corrected chi connectivity index (χ2v) is 3.75. The fraction of sp³-hybridized carbons (Fsp3) is 0.0769. The zero-order valence-electron chi connectivity index (χ0n) is 8.89. The summed E-state index contributed by atoms with van der Waals surface area (Å²) in [6.45, 7) is 1.99. The van der Waals surface area contributed by atoms with E-state index in [1.807, 2.05) is 19.1 Å². The lowest BCUT2D eigenvalue weighted by Crippen LogP contribution is -1.66. The summed E-state index contributed by atoms with van der Waals surface area (Å²) in [6.07, 6.45) is 0. The molecule has 3 heteroatoms. The zero-order chi connectivity index (χ0) is 12.0. The third-order valence-electron chi connectivity index (χ3n) is 1.86. The Hall–Kier alpha value is -1.67. The minimum absolute atomic E-state index is 0.245. The molecule has 2 rings (SSSR count). The summed E-state index contributed by atoms with van der Waals surface area (Å²) in [4.78, 5) is 0. The van der Waals surface area contributed by atoms with Gasteiger partial charge in [0.25, 0.3) is 0 Å². The van der Waals surface area contributed by atoms with Gasteiger partial charge in [0.1, 0.15) is 11.5 Å². The molecule has 0 aliphatic heterocycles. The largest absolute Gasteiger partial charge is 0.508 e. The summed E-state index contributed by atoms with van der Waals surface area (Å²) in [6, 6.07) is 13.5. The molecule has 0 aliphatic carbocycles. The molecule has 0 aliphatic rings. The van der Waals surface area contributed by atoms with E-state index in [-0.39, 0.29) is 5.75 Å². The third kappa shape index (κ3) is 4.71. The van der Waals surface area contributed by atoms with Crippen LogP contribution in [0.25, 0.3) is 0 Å². The Kier molecular flexibility index (Phi) is 4.67. The molecule has 0 saturated heterocycles. The average molecular weight is 237 g/mol. The fourth-order valence-electron chi connectivity index (χ4n) is 0.986. The van der Waals surface area contributed by atoms with Gasteiger partial charge in [-0.05, 0) is 43.3 Å². The molecular weight excluding hydrogens is 224 g/mol. The molecule has 16 heavy (non-hydrogen) atoms. The first-order valence-corrected chi connectivity index (χ1v) is 5.16. The van der Waals surface area contributed by atoms with Crippen LogP contribution in [0.5, 0.6) is 11.5 Å². The highest BCUT2D eigenvalue weighted by molar-refractivity contribution is 6.30. The molecule has 0 amide bonds. The van der Waals surface area contributed by atoms with Gasteiger partial charge in [0.2, 0.25) is 0 Å². The van der Waals surface area contributed by atoms with E-state index < -0.39 is 0 Å². The second kappa shape index (κ2) is 6.03. The predicted molar refractivity (Wildman–Crippen MR) is 66.0 cm³/mol. The van der Waals surface area contributed by atoms with Crippen molar-refractivity contribution >= 4 is 11.6 Å². The topological polar surface area (TPSA) is 40.5 Å². The van der Waals surface area contributed by atoms with Gasteiger partial charge in [0, 0.05) is 5.02 Å². The maximum absolute atomic E-state index is 8.76. The molecular formula is C13H13ClO2. The first-order chi connectivity index (χ1) is 7.58. The first-order valence-electron chi connectivity index (χ1n) is 4.78. The molecule has 0 saturated carbocycles. The highest BCUT2D eigenvalue weighted by Crippen LogP contribution is 2.12. The van der Waals surface area contributed by atoms with Gasteiger partial charge >= 0.3 is 0 Å². The highest BCUT2D eigenvalue weighted by atomic mass is 35.5. The normalized spacial score (nSPS) is 9.12. The van der Waals surface area contributed by atoms with Crippen LogP contribution in [0.4, 0.5) is 0 Å². The Morgan fingerprint density at radius 1 is 0.750 bits per heavy atom. The van der Waals surface area contributed by atoms with Crippen molar-refractivity contribution in [1.82, 2.24) is 0 Å². The van der Waals surface area contributed by atoms with Crippen molar-refractivity contribution in [2.45, 2.75) is 6.92 Å². The van der Waals surface area contributed by atoms with Crippen molar-refractivity contribution in [3.63, 3.8) is 0 Å². The minimum atomic E-state index is 0.245. The van der Waals surface area contributed by atoms with Crippen molar-refractivity contribution in [2.75, 3.05) is 0 Å². The van der Waals surface area contributed by atoms with E-state index in [4.69, 9.17) is 21.8 Å². The standard InChI is InChI=1S/C7H8O.C6H5ClO/c1-6-2-4-7(8)5-3-6;7-5-1-3-6(8)4-2-5/h2-5,8H,1H3;1-4,8H. The minimum Gasteiger partial charge on any atom is -0.508 e. The Bertz CT molecular complexity index is 335. The van der Waals surface area contributed by atoms with Gasteiger partial charge < -0.3 is 10.2 Å². The number of rotatable bonds is 0. The molecule has 0 fully saturated rings. The highest BCUT2D eigenvalue weighted by Gasteiger charge is 1.84. The van der Waals surface area contributed by atoms with Crippen molar-refractivity contribution in [3.8, 4) is 11.5 Å². The average Bonchev–Trinajstić information content (AvgIpc) is 2.28. The van der Waals surface area contributed by atoms with Gasteiger partial charge in [0.15, 0.2) is 0 Å². The Morgan fingerprint density at radius 3 is 1.44 bits per heavy atom. The Morgan fingerprint density at radius 2 is 1.12 bits per heavy atom. The van der Waals surface area contributed by atoms with E-state index in [9.17, 15) is 0 Å².